The molecule has 0 fully saturated rings. The quantitative estimate of drug-likeness (QED) is 0.425. The Hall–Kier alpha value is -2.52. The maximum absolute atomic E-state index is 14.0. The van der Waals surface area contributed by atoms with Gasteiger partial charge in [-0.3, -0.25) is 4.79 Å². The molecule has 33 heavy (non-hydrogen) atoms. The number of nitrogens with one attached hydrogen (secondary N) is 1. The molecule has 0 saturated heterocycles. The van der Waals surface area contributed by atoms with E-state index >= 15 is 0 Å². The summed E-state index contributed by atoms with van der Waals surface area (Å²) in [4.78, 5) is 14.8. The number of anilines is 1. The number of alkyl halides is 3. The summed E-state index contributed by atoms with van der Waals surface area (Å²) >= 11 is 9.82. The van der Waals surface area contributed by atoms with Crippen molar-refractivity contribution in [2.24, 2.45) is 0 Å². The van der Waals surface area contributed by atoms with Crippen molar-refractivity contribution in [2.75, 3.05) is 11.9 Å². The standard InChI is InChI=1S/C23H19BrClF3N4O/c24-16-7-5-14(6-8-16)17-11-18(23(26,27)28)32-21(29-17)19(25)20(30-32)22(33)31-10-9-13-3-1-2-4-15(13)12-31/h1-8,17-18,29H,9-12H2/t17-,18-/m0/s1. The second-order valence-electron chi connectivity index (χ2n) is 8.24. The van der Waals surface area contributed by atoms with E-state index in [1.54, 1.807) is 29.2 Å². The van der Waals surface area contributed by atoms with Crippen molar-refractivity contribution < 1.29 is 18.0 Å². The summed E-state index contributed by atoms with van der Waals surface area (Å²) in [6, 6.07) is 12.3. The first-order valence-electron chi connectivity index (χ1n) is 10.4. The van der Waals surface area contributed by atoms with Crippen LogP contribution in [0.15, 0.2) is 53.0 Å². The van der Waals surface area contributed by atoms with Crippen LogP contribution in [0.3, 0.4) is 0 Å². The molecule has 3 aromatic rings. The molecule has 2 aromatic carbocycles. The minimum Gasteiger partial charge on any atom is -0.362 e. The molecule has 3 heterocycles. The molecule has 1 N–H and O–H groups in total. The van der Waals surface area contributed by atoms with Crippen LogP contribution in [0.4, 0.5) is 19.0 Å². The summed E-state index contributed by atoms with van der Waals surface area (Å²) in [6.07, 6.45) is -4.15. The van der Waals surface area contributed by atoms with Crippen LogP contribution in [0.1, 0.15) is 45.7 Å². The minimum atomic E-state index is -4.55. The number of hydrogen-bond donors (Lipinski definition) is 1. The number of halogens is 5. The van der Waals surface area contributed by atoms with Gasteiger partial charge in [-0.2, -0.15) is 18.3 Å². The van der Waals surface area contributed by atoms with E-state index in [0.717, 1.165) is 20.3 Å². The number of aromatic nitrogens is 2. The number of rotatable bonds is 2. The van der Waals surface area contributed by atoms with Crippen molar-refractivity contribution in [2.45, 2.75) is 37.6 Å². The summed E-state index contributed by atoms with van der Waals surface area (Å²) in [5, 5.41) is 7.07. The number of benzene rings is 2. The summed E-state index contributed by atoms with van der Waals surface area (Å²) in [5.74, 6) is -0.460. The molecule has 0 unspecified atom stereocenters. The van der Waals surface area contributed by atoms with Gasteiger partial charge in [-0.25, -0.2) is 4.68 Å². The van der Waals surface area contributed by atoms with Crippen molar-refractivity contribution in [3.8, 4) is 0 Å². The SMILES string of the molecule is O=C(c1nn2c(c1Cl)N[C@H](c1ccc(Br)cc1)C[C@H]2C(F)(F)F)N1CCc2ccccc2C1. The highest BCUT2D eigenvalue weighted by Gasteiger charge is 2.48. The Morgan fingerprint density at radius 1 is 1.12 bits per heavy atom. The van der Waals surface area contributed by atoms with Gasteiger partial charge in [-0.15, -0.1) is 0 Å². The highest BCUT2D eigenvalue weighted by molar-refractivity contribution is 9.10. The zero-order valence-electron chi connectivity index (χ0n) is 17.2. The van der Waals surface area contributed by atoms with Crippen molar-refractivity contribution in [3.05, 3.63) is 80.4 Å². The lowest BCUT2D eigenvalue weighted by atomic mass is 9.97. The van der Waals surface area contributed by atoms with Gasteiger partial charge in [-0.05, 0) is 35.2 Å². The molecular weight excluding hydrogens is 521 g/mol. The minimum absolute atomic E-state index is 0.0129. The third kappa shape index (κ3) is 4.12. The first-order chi connectivity index (χ1) is 15.7. The van der Waals surface area contributed by atoms with Gasteiger partial charge in [0.2, 0.25) is 0 Å². The molecule has 1 aromatic heterocycles. The van der Waals surface area contributed by atoms with Crippen LogP contribution in [0.5, 0.6) is 0 Å². The molecule has 5 rings (SSSR count). The lowest BCUT2D eigenvalue weighted by Gasteiger charge is -2.33. The van der Waals surface area contributed by atoms with Gasteiger partial charge in [0.25, 0.3) is 5.91 Å². The molecule has 0 bridgehead atoms. The number of carbonyl (C=O) groups is 1. The molecule has 2 aliphatic rings. The number of carbonyl (C=O) groups excluding carboxylic acids is 1. The van der Waals surface area contributed by atoms with Gasteiger partial charge in [0.05, 0.1) is 6.04 Å². The molecule has 2 aliphatic heterocycles. The number of nitrogens with zero attached hydrogens (tertiary/aromatic N) is 3. The van der Waals surface area contributed by atoms with Gasteiger partial charge >= 0.3 is 6.18 Å². The van der Waals surface area contributed by atoms with Crippen LogP contribution in [0.2, 0.25) is 5.02 Å². The van der Waals surface area contributed by atoms with Gasteiger partial charge < -0.3 is 10.2 Å². The van der Waals surface area contributed by atoms with Crippen molar-refractivity contribution >= 4 is 39.3 Å². The molecule has 5 nitrogen and oxygen atoms in total. The van der Waals surface area contributed by atoms with Crippen LogP contribution >= 0.6 is 27.5 Å². The lowest BCUT2D eigenvalue weighted by molar-refractivity contribution is -0.173. The molecule has 172 valence electrons. The van der Waals surface area contributed by atoms with Crippen LogP contribution in [-0.2, 0) is 13.0 Å². The van der Waals surface area contributed by atoms with E-state index in [-0.39, 0.29) is 23.0 Å². The van der Waals surface area contributed by atoms with Crippen molar-refractivity contribution in [1.29, 1.82) is 0 Å². The Balaban J connectivity index is 1.49. The smallest absolute Gasteiger partial charge is 0.362 e. The molecule has 0 saturated carbocycles. The Bertz CT molecular complexity index is 1210. The summed E-state index contributed by atoms with van der Waals surface area (Å²) < 4.78 is 43.7. The first-order valence-corrected chi connectivity index (χ1v) is 11.6. The van der Waals surface area contributed by atoms with E-state index in [0.29, 0.717) is 25.1 Å². The lowest BCUT2D eigenvalue weighted by Crippen LogP contribution is -2.37. The van der Waals surface area contributed by atoms with Crippen LogP contribution < -0.4 is 5.32 Å². The van der Waals surface area contributed by atoms with E-state index in [4.69, 9.17) is 11.6 Å². The first kappa shape index (κ1) is 22.3. The van der Waals surface area contributed by atoms with Gasteiger partial charge in [0.1, 0.15) is 10.8 Å². The second-order valence-corrected chi connectivity index (χ2v) is 9.54. The summed E-state index contributed by atoms with van der Waals surface area (Å²) in [6.45, 7) is 0.817. The predicted octanol–water partition coefficient (Wildman–Crippen LogP) is 6.16. The number of fused-ring (bicyclic) bond motifs is 2. The van der Waals surface area contributed by atoms with Crippen LogP contribution in [0.25, 0.3) is 0 Å². The zero-order valence-corrected chi connectivity index (χ0v) is 19.6. The number of amides is 1. The Morgan fingerprint density at radius 3 is 2.52 bits per heavy atom. The van der Waals surface area contributed by atoms with E-state index in [9.17, 15) is 18.0 Å². The third-order valence-electron chi connectivity index (χ3n) is 6.19. The van der Waals surface area contributed by atoms with E-state index < -0.39 is 24.2 Å². The largest absolute Gasteiger partial charge is 0.410 e. The highest BCUT2D eigenvalue weighted by Crippen LogP contribution is 2.46. The summed E-state index contributed by atoms with van der Waals surface area (Å²) in [5.41, 5.74) is 2.70. The van der Waals surface area contributed by atoms with Crippen molar-refractivity contribution in [3.63, 3.8) is 0 Å². The van der Waals surface area contributed by atoms with Gasteiger partial charge in [0.15, 0.2) is 11.7 Å². The zero-order chi connectivity index (χ0) is 23.3. The van der Waals surface area contributed by atoms with Crippen molar-refractivity contribution in [1.82, 2.24) is 14.7 Å². The highest BCUT2D eigenvalue weighted by atomic mass is 79.9. The Morgan fingerprint density at radius 2 is 1.82 bits per heavy atom. The molecule has 1 amide bonds. The molecule has 0 spiro atoms. The van der Waals surface area contributed by atoms with Gasteiger partial charge in [-0.1, -0.05) is 63.9 Å². The Labute approximate surface area is 201 Å². The fourth-order valence-electron chi connectivity index (χ4n) is 4.46. The molecule has 10 heteroatoms. The average molecular weight is 540 g/mol. The van der Waals surface area contributed by atoms with Crippen LogP contribution in [-0.4, -0.2) is 33.3 Å². The third-order valence-corrected chi connectivity index (χ3v) is 7.08. The predicted molar refractivity (Wildman–Crippen MR) is 122 cm³/mol. The van der Waals surface area contributed by atoms with E-state index in [2.05, 4.69) is 26.3 Å². The molecule has 0 aliphatic carbocycles. The van der Waals surface area contributed by atoms with E-state index in [1.165, 1.54) is 0 Å². The van der Waals surface area contributed by atoms with Crippen LogP contribution in [0, 0.1) is 0 Å². The number of hydrogen-bond acceptors (Lipinski definition) is 3. The fraction of sp³-hybridized carbons (Fsp3) is 0.304. The molecule has 0 radical (unpaired) electrons. The maximum atomic E-state index is 14.0. The topological polar surface area (TPSA) is 50.2 Å². The summed E-state index contributed by atoms with van der Waals surface area (Å²) in [7, 11) is 0. The normalized spacial score (nSPS) is 20.1. The maximum Gasteiger partial charge on any atom is 0.410 e. The average Bonchev–Trinajstić information content (AvgIpc) is 3.14. The fourth-order valence-corrected chi connectivity index (χ4v) is 4.98. The van der Waals surface area contributed by atoms with Gasteiger partial charge in [0, 0.05) is 24.0 Å². The monoisotopic (exact) mass is 538 g/mol. The second kappa shape index (κ2) is 8.36. The molecule has 2 atom stereocenters. The van der Waals surface area contributed by atoms with E-state index in [1.807, 2.05) is 24.3 Å². The Kier molecular flexibility index (Phi) is 5.64. The molecular formula is C23H19BrClF3N4O.